The fourth-order valence-corrected chi connectivity index (χ4v) is 1.24. The highest BCUT2D eigenvalue weighted by atomic mass is 16.4. The molecule has 2 rings (SSSR count). The van der Waals surface area contributed by atoms with Crippen molar-refractivity contribution in [3.8, 4) is 11.3 Å². The van der Waals surface area contributed by atoms with Crippen LogP contribution in [0.3, 0.4) is 0 Å². The number of nitrogens with two attached hydrogens (primary N) is 1. The van der Waals surface area contributed by atoms with E-state index < -0.39 is 5.97 Å². The number of aromatic nitrogens is 3. The van der Waals surface area contributed by atoms with Gasteiger partial charge in [0.25, 0.3) is 0 Å². The molecule has 0 amide bonds. The molecule has 3 N–H and O–H groups in total. The fraction of sp³-hybridized carbons (Fsp3) is 0. The Morgan fingerprint density at radius 1 is 1.25 bits per heavy atom. The van der Waals surface area contributed by atoms with Crippen molar-refractivity contribution >= 4 is 11.7 Å². The molecule has 0 unspecified atom stereocenters. The first-order chi connectivity index (χ1) is 7.68. The molecule has 2 heterocycles. The fourth-order valence-electron chi connectivity index (χ4n) is 1.24. The number of carboxylic acids is 1. The highest BCUT2D eigenvalue weighted by Gasteiger charge is 2.11. The van der Waals surface area contributed by atoms with E-state index in [1.165, 1.54) is 18.5 Å². The number of carbonyl (C=O) groups is 1. The number of hydrogen-bond acceptors (Lipinski definition) is 5. The highest BCUT2D eigenvalue weighted by Crippen LogP contribution is 2.18. The Morgan fingerprint density at radius 2 is 2.06 bits per heavy atom. The van der Waals surface area contributed by atoms with Gasteiger partial charge >= 0.3 is 5.97 Å². The number of rotatable bonds is 2. The minimum atomic E-state index is -1.15. The molecule has 16 heavy (non-hydrogen) atoms. The van der Waals surface area contributed by atoms with Crippen LogP contribution in [0.5, 0.6) is 0 Å². The molecule has 0 saturated heterocycles. The van der Waals surface area contributed by atoms with Gasteiger partial charge in [0.05, 0.1) is 23.8 Å². The molecule has 2 aromatic heterocycles. The van der Waals surface area contributed by atoms with Crippen molar-refractivity contribution in [1.82, 2.24) is 15.2 Å². The average Bonchev–Trinajstić information content (AvgIpc) is 2.30. The van der Waals surface area contributed by atoms with Gasteiger partial charge in [0.15, 0.2) is 5.69 Å². The van der Waals surface area contributed by atoms with E-state index in [1.54, 1.807) is 12.1 Å². The molecule has 6 heteroatoms. The van der Waals surface area contributed by atoms with Crippen LogP contribution in [0.2, 0.25) is 0 Å². The van der Waals surface area contributed by atoms with Crippen LogP contribution < -0.4 is 5.73 Å². The number of anilines is 1. The van der Waals surface area contributed by atoms with Crippen LogP contribution in [-0.2, 0) is 0 Å². The molecule has 0 saturated carbocycles. The van der Waals surface area contributed by atoms with E-state index in [0.29, 0.717) is 11.3 Å². The molecule has 0 bridgehead atoms. The summed E-state index contributed by atoms with van der Waals surface area (Å²) in [5.74, 6) is -1.15. The second-order valence-corrected chi connectivity index (χ2v) is 3.07. The lowest BCUT2D eigenvalue weighted by Gasteiger charge is -2.03. The molecule has 0 fully saturated rings. The summed E-state index contributed by atoms with van der Waals surface area (Å²) in [5.41, 5.74) is 6.67. The summed E-state index contributed by atoms with van der Waals surface area (Å²) in [6.45, 7) is 0. The standard InChI is InChI=1S/C10H8N4O2/c11-7-1-2-8(14-9(7)10(15)16)6-3-4-12-13-5-6/h1-5H,11H2,(H,15,16). The van der Waals surface area contributed by atoms with E-state index in [2.05, 4.69) is 15.2 Å². The maximum absolute atomic E-state index is 10.8. The number of pyridine rings is 1. The summed E-state index contributed by atoms with van der Waals surface area (Å²) in [5, 5.41) is 16.2. The largest absolute Gasteiger partial charge is 0.476 e. The maximum atomic E-state index is 10.8. The van der Waals surface area contributed by atoms with E-state index in [-0.39, 0.29) is 11.4 Å². The summed E-state index contributed by atoms with van der Waals surface area (Å²) in [6, 6.07) is 4.84. The molecule has 2 aromatic rings. The summed E-state index contributed by atoms with van der Waals surface area (Å²) < 4.78 is 0. The average molecular weight is 216 g/mol. The topological polar surface area (TPSA) is 102 Å². The molecule has 0 aromatic carbocycles. The van der Waals surface area contributed by atoms with Crippen molar-refractivity contribution in [2.24, 2.45) is 0 Å². The Hall–Kier alpha value is -2.50. The second-order valence-electron chi connectivity index (χ2n) is 3.07. The van der Waals surface area contributed by atoms with E-state index >= 15 is 0 Å². The van der Waals surface area contributed by atoms with Gasteiger partial charge in [-0.25, -0.2) is 9.78 Å². The van der Waals surface area contributed by atoms with Gasteiger partial charge < -0.3 is 10.8 Å². The smallest absolute Gasteiger partial charge is 0.356 e. The predicted octanol–water partition coefficient (Wildman–Crippen LogP) is 0.819. The Bertz CT molecular complexity index is 528. The van der Waals surface area contributed by atoms with Crippen LogP contribution in [-0.4, -0.2) is 26.3 Å². The van der Waals surface area contributed by atoms with Crippen LogP contribution in [0, 0.1) is 0 Å². The third kappa shape index (κ3) is 1.81. The quantitative estimate of drug-likeness (QED) is 0.770. The van der Waals surface area contributed by atoms with Gasteiger partial charge in [0.1, 0.15) is 0 Å². The molecule has 0 spiro atoms. The maximum Gasteiger partial charge on any atom is 0.356 e. The zero-order valence-corrected chi connectivity index (χ0v) is 8.16. The summed E-state index contributed by atoms with van der Waals surface area (Å²) in [4.78, 5) is 14.8. The van der Waals surface area contributed by atoms with Crippen molar-refractivity contribution in [3.63, 3.8) is 0 Å². The Balaban J connectivity index is 2.52. The van der Waals surface area contributed by atoms with Gasteiger partial charge in [0, 0.05) is 5.56 Å². The Kier molecular flexibility index (Phi) is 2.47. The Labute approximate surface area is 90.8 Å². The summed E-state index contributed by atoms with van der Waals surface area (Å²) in [6.07, 6.45) is 3.01. The monoisotopic (exact) mass is 216 g/mol. The number of nitrogen functional groups attached to an aromatic ring is 1. The minimum Gasteiger partial charge on any atom is -0.476 e. The van der Waals surface area contributed by atoms with Crippen LogP contribution in [0.1, 0.15) is 10.5 Å². The van der Waals surface area contributed by atoms with Gasteiger partial charge in [-0.2, -0.15) is 10.2 Å². The predicted molar refractivity (Wildman–Crippen MR) is 56.6 cm³/mol. The number of hydrogen-bond donors (Lipinski definition) is 2. The van der Waals surface area contributed by atoms with Crippen molar-refractivity contribution in [1.29, 1.82) is 0 Å². The molecule has 0 radical (unpaired) electrons. The molecule has 0 aliphatic heterocycles. The molecule has 0 aliphatic carbocycles. The van der Waals surface area contributed by atoms with Crippen molar-refractivity contribution in [3.05, 3.63) is 36.3 Å². The first-order valence-electron chi connectivity index (χ1n) is 4.45. The zero-order valence-electron chi connectivity index (χ0n) is 8.16. The lowest BCUT2D eigenvalue weighted by Crippen LogP contribution is -2.06. The number of carboxylic acid groups (broad SMARTS) is 1. The molecule has 0 atom stereocenters. The third-order valence-corrected chi connectivity index (χ3v) is 2.01. The van der Waals surface area contributed by atoms with Crippen LogP contribution in [0.25, 0.3) is 11.3 Å². The number of aromatic carboxylic acids is 1. The molecular formula is C10H8N4O2. The first-order valence-corrected chi connectivity index (χ1v) is 4.45. The molecular weight excluding hydrogens is 208 g/mol. The van der Waals surface area contributed by atoms with Gasteiger partial charge in [-0.15, -0.1) is 0 Å². The van der Waals surface area contributed by atoms with Crippen LogP contribution >= 0.6 is 0 Å². The highest BCUT2D eigenvalue weighted by molar-refractivity contribution is 5.92. The normalized spacial score (nSPS) is 10.0. The zero-order chi connectivity index (χ0) is 11.5. The summed E-state index contributed by atoms with van der Waals surface area (Å²) in [7, 11) is 0. The Morgan fingerprint density at radius 3 is 2.69 bits per heavy atom. The second kappa shape index (κ2) is 3.93. The number of nitrogens with zero attached hydrogens (tertiary/aromatic N) is 3. The molecule has 80 valence electrons. The van der Waals surface area contributed by atoms with Crippen LogP contribution in [0.15, 0.2) is 30.6 Å². The van der Waals surface area contributed by atoms with Crippen molar-refractivity contribution in [2.75, 3.05) is 5.73 Å². The van der Waals surface area contributed by atoms with E-state index in [4.69, 9.17) is 10.8 Å². The summed E-state index contributed by atoms with van der Waals surface area (Å²) >= 11 is 0. The lowest BCUT2D eigenvalue weighted by molar-refractivity contribution is 0.0692. The molecule has 6 nitrogen and oxygen atoms in total. The van der Waals surface area contributed by atoms with E-state index in [0.717, 1.165) is 0 Å². The van der Waals surface area contributed by atoms with Gasteiger partial charge in [-0.1, -0.05) is 0 Å². The van der Waals surface area contributed by atoms with Crippen molar-refractivity contribution < 1.29 is 9.90 Å². The van der Waals surface area contributed by atoms with Gasteiger partial charge in [0.2, 0.25) is 0 Å². The SMILES string of the molecule is Nc1ccc(-c2ccnnc2)nc1C(=O)O. The first kappa shape index (κ1) is 10.0. The van der Waals surface area contributed by atoms with E-state index in [1.807, 2.05) is 0 Å². The van der Waals surface area contributed by atoms with Crippen molar-refractivity contribution in [2.45, 2.75) is 0 Å². The van der Waals surface area contributed by atoms with Gasteiger partial charge in [-0.05, 0) is 18.2 Å². The van der Waals surface area contributed by atoms with Crippen LogP contribution in [0.4, 0.5) is 5.69 Å². The minimum absolute atomic E-state index is 0.137. The molecule has 0 aliphatic rings. The van der Waals surface area contributed by atoms with Gasteiger partial charge in [-0.3, -0.25) is 0 Å². The van der Waals surface area contributed by atoms with E-state index in [9.17, 15) is 4.79 Å². The third-order valence-electron chi connectivity index (χ3n) is 2.01. The lowest BCUT2D eigenvalue weighted by atomic mass is 10.2.